The largest absolute Gasteiger partial charge is 0.466 e. The monoisotopic (exact) mass is 228 g/mol. The summed E-state index contributed by atoms with van der Waals surface area (Å²) < 4.78 is 5.01. The van der Waals surface area contributed by atoms with E-state index in [9.17, 15) is 4.79 Å². The summed E-state index contributed by atoms with van der Waals surface area (Å²) in [5, 5.41) is 3.21. The Kier molecular flexibility index (Phi) is 5.77. The van der Waals surface area contributed by atoms with E-state index in [1.54, 1.807) is 0 Å². The van der Waals surface area contributed by atoms with Crippen molar-refractivity contribution in [3.63, 3.8) is 0 Å². The molecule has 0 aliphatic carbocycles. The van der Waals surface area contributed by atoms with Gasteiger partial charge in [-0.15, -0.1) is 0 Å². The summed E-state index contributed by atoms with van der Waals surface area (Å²) in [5.41, 5.74) is 0. The van der Waals surface area contributed by atoms with Crippen molar-refractivity contribution in [2.45, 2.75) is 20.3 Å². The fourth-order valence-electron chi connectivity index (χ4n) is 2.28. The number of hydrogen-bond donors (Lipinski definition) is 1. The predicted octanol–water partition coefficient (Wildman–Crippen LogP) is 0.727. The first kappa shape index (κ1) is 13.5. The van der Waals surface area contributed by atoms with Gasteiger partial charge >= 0.3 is 5.97 Å². The van der Waals surface area contributed by atoms with E-state index in [4.69, 9.17) is 4.74 Å². The van der Waals surface area contributed by atoms with Crippen molar-refractivity contribution >= 4 is 5.97 Å². The third kappa shape index (κ3) is 4.10. The highest BCUT2D eigenvalue weighted by molar-refractivity contribution is 5.72. The lowest BCUT2D eigenvalue weighted by molar-refractivity contribution is -0.147. The van der Waals surface area contributed by atoms with Crippen LogP contribution in [0.4, 0.5) is 0 Å². The first-order valence-electron chi connectivity index (χ1n) is 6.21. The van der Waals surface area contributed by atoms with Gasteiger partial charge in [-0.25, -0.2) is 0 Å². The van der Waals surface area contributed by atoms with Crippen LogP contribution >= 0.6 is 0 Å². The number of ether oxygens (including phenoxy) is 1. The molecule has 0 radical (unpaired) electrons. The van der Waals surface area contributed by atoms with Gasteiger partial charge in [-0.1, -0.05) is 6.92 Å². The number of esters is 1. The molecular weight excluding hydrogens is 204 g/mol. The molecule has 0 spiro atoms. The van der Waals surface area contributed by atoms with Gasteiger partial charge in [0.2, 0.25) is 0 Å². The minimum Gasteiger partial charge on any atom is -0.466 e. The minimum atomic E-state index is -0.0698. The van der Waals surface area contributed by atoms with E-state index in [1.165, 1.54) is 6.42 Å². The van der Waals surface area contributed by atoms with E-state index >= 15 is 0 Å². The van der Waals surface area contributed by atoms with Crippen LogP contribution in [-0.2, 0) is 9.53 Å². The Hall–Kier alpha value is -0.610. The summed E-state index contributed by atoms with van der Waals surface area (Å²) in [4.78, 5) is 13.8. The highest BCUT2D eigenvalue weighted by Crippen LogP contribution is 2.17. The maximum absolute atomic E-state index is 11.5. The van der Waals surface area contributed by atoms with Gasteiger partial charge in [0.05, 0.1) is 12.5 Å². The van der Waals surface area contributed by atoms with Crippen molar-refractivity contribution in [2.24, 2.45) is 11.8 Å². The number of likely N-dealkylation sites (tertiary alicyclic amines) is 1. The molecule has 1 aliphatic heterocycles. The molecule has 1 heterocycles. The first-order valence-corrected chi connectivity index (χ1v) is 6.21. The summed E-state index contributed by atoms with van der Waals surface area (Å²) in [6.07, 6.45) is 1.23. The van der Waals surface area contributed by atoms with Crippen LogP contribution < -0.4 is 5.32 Å². The molecular formula is C12H24N2O2. The number of nitrogens with one attached hydrogen (secondary N) is 1. The molecule has 2 unspecified atom stereocenters. The number of hydrogen-bond acceptors (Lipinski definition) is 4. The lowest BCUT2D eigenvalue weighted by Gasteiger charge is -2.19. The van der Waals surface area contributed by atoms with Crippen LogP contribution in [0.3, 0.4) is 0 Å². The second-order valence-electron chi connectivity index (χ2n) is 4.63. The average molecular weight is 228 g/mol. The normalized spacial score (nSPS) is 23.3. The molecule has 1 saturated heterocycles. The Morgan fingerprint density at radius 2 is 2.38 bits per heavy atom. The number of carbonyl (C=O) groups is 1. The summed E-state index contributed by atoms with van der Waals surface area (Å²) >= 11 is 0. The molecule has 2 atom stereocenters. The molecule has 0 aromatic heterocycles. The number of nitrogens with zero attached hydrogens (tertiary/aromatic N) is 1. The van der Waals surface area contributed by atoms with Crippen molar-refractivity contribution in [3.8, 4) is 0 Å². The SMILES string of the molecule is CCOC(=O)C(C)CN1CCC(CNC)C1. The van der Waals surface area contributed by atoms with Crippen LogP contribution in [-0.4, -0.2) is 50.7 Å². The molecule has 0 aromatic rings. The van der Waals surface area contributed by atoms with E-state index in [0.717, 1.165) is 32.1 Å². The van der Waals surface area contributed by atoms with Crippen molar-refractivity contribution in [1.29, 1.82) is 0 Å². The lowest BCUT2D eigenvalue weighted by atomic mass is 10.1. The van der Waals surface area contributed by atoms with Crippen molar-refractivity contribution < 1.29 is 9.53 Å². The van der Waals surface area contributed by atoms with E-state index in [0.29, 0.717) is 6.61 Å². The smallest absolute Gasteiger partial charge is 0.309 e. The Morgan fingerprint density at radius 1 is 1.62 bits per heavy atom. The molecule has 0 bridgehead atoms. The van der Waals surface area contributed by atoms with Crippen LogP contribution in [0.1, 0.15) is 20.3 Å². The molecule has 4 heteroatoms. The van der Waals surface area contributed by atoms with Gasteiger partial charge in [0.25, 0.3) is 0 Å². The number of rotatable bonds is 6. The zero-order chi connectivity index (χ0) is 12.0. The zero-order valence-corrected chi connectivity index (χ0v) is 10.7. The summed E-state index contributed by atoms with van der Waals surface area (Å²) in [7, 11) is 1.99. The first-order chi connectivity index (χ1) is 7.67. The quantitative estimate of drug-likeness (QED) is 0.680. The third-order valence-electron chi connectivity index (χ3n) is 3.08. The molecule has 4 nitrogen and oxygen atoms in total. The summed E-state index contributed by atoms with van der Waals surface area (Å²) in [6.45, 7) is 8.39. The second-order valence-corrected chi connectivity index (χ2v) is 4.63. The van der Waals surface area contributed by atoms with E-state index < -0.39 is 0 Å². The number of carbonyl (C=O) groups excluding carboxylic acids is 1. The Balaban J connectivity index is 2.25. The molecule has 1 fully saturated rings. The van der Waals surface area contributed by atoms with Gasteiger partial charge in [-0.3, -0.25) is 4.79 Å². The molecule has 94 valence electrons. The topological polar surface area (TPSA) is 41.6 Å². The standard InChI is InChI=1S/C12H24N2O2/c1-4-16-12(15)10(2)8-14-6-5-11(9-14)7-13-3/h10-11,13H,4-9H2,1-3H3. The molecule has 16 heavy (non-hydrogen) atoms. The molecule has 1 aliphatic rings. The van der Waals surface area contributed by atoms with Crippen molar-refractivity contribution in [3.05, 3.63) is 0 Å². The van der Waals surface area contributed by atoms with Crippen LogP contribution in [0.15, 0.2) is 0 Å². The van der Waals surface area contributed by atoms with Crippen molar-refractivity contribution in [2.75, 3.05) is 39.8 Å². The Bertz CT molecular complexity index is 221. The van der Waals surface area contributed by atoms with E-state index in [-0.39, 0.29) is 11.9 Å². The second kappa shape index (κ2) is 6.86. The highest BCUT2D eigenvalue weighted by Gasteiger charge is 2.25. The Morgan fingerprint density at radius 3 is 3.00 bits per heavy atom. The van der Waals surface area contributed by atoms with Gasteiger partial charge in [0, 0.05) is 13.1 Å². The molecule has 1 N–H and O–H groups in total. The molecule has 0 aromatic carbocycles. The fourth-order valence-corrected chi connectivity index (χ4v) is 2.28. The van der Waals surface area contributed by atoms with Gasteiger partial charge in [0.15, 0.2) is 0 Å². The summed E-state index contributed by atoms with van der Waals surface area (Å²) in [5.74, 6) is 0.659. The maximum atomic E-state index is 11.5. The zero-order valence-electron chi connectivity index (χ0n) is 10.7. The van der Waals surface area contributed by atoms with Crippen LogP contribution in [0, 0.1) is 11.8 Å². The van der Waals surface area contributed by atoms with Gasteiger partial charge in [-0.05, 0) is 39.4 Å². The average Bonchev–Trinajstić information content (AvgIpc) is 2.66. The van der Waals surface area contributed by atoms with Crippen LogP contribution in [0.25, 0.3) is 0 Å². The predicted molar refractivity (Wildman–Crippen MR) is 64.3 cm³/mol. The van der Waals surface area contributed by atoms with E-state index in [1.807, 2.05) is 20.9 Å². The van der Waals surface area contributed by atoms with Gasteiger partial charge in [-0.2, -0.15) is 0 Å². The van der Waals surface area contributed by atoms with Gasteiger partial charge < -0.3 is 15.0 Å². The van der Waals surface area contributed by atoms with Gasteiger partial charge in [0.1, 0.15) is 0 Å². The summed E-state index contributed by atoms with van der Waals surface area (Å²) in [6, 6.07) is 0. The lowest BCUT2D eigenvalue weighted by Crippen LogP contribution is -2.32. The molecule has 0 amide bonds. The molecule has 1 rings (SSSR count). The third-order valence-corrected chi connectivity index (χ3v) is 3.08. The van der Waals surface area contributed by atoms with E-state index in [2.05, 4.69) is 10.2 Å². The fraction of sp³-hybridized carbons (Fsp3) is 0.917. The minimum absolute atomic E-state index is 0.00622. The van der Waals surface area contributed by atoms with Crippen molar-refractivity contribution in [1.82, 2.24) is 10.2 Å². The molecule has 0 saturated carbocycles. The Labute approximate surface area is 98.3 Å². The highest BCUT2D eigenvalue weighted by atomic mass is 16.5. The van der Waals surface area contributed by atoms with Crippen LogP contribution in [0.2, 0.25) is 0 Å². The van der Waals surface area contributed by atoms with Crippen LogP contribution in [0.5, 0.6) is 0 Å². The maximum Gasteiger partial charge on any atom is 0.309 e.